The first kappa shape index (κ1) is 13.5. The summed E-state index contributed by atoms with van der Waals surface area (Å²) < 4.78 is 4.58. The fourth-order valence-electron chi connectivity index (χ4n) is 2.73. The van der Waals surface area contributed by atoms with Gasteiger partial charge in [-0.3, -0.25) is 4.79 Å². The molecule has 6 nitrogen and oxygen atoms in total. The highest BCUT2D eigenvalue weighted by molar-refractivity contribution is 6.06. The number of carbonyl (C=O) groups is 2. The summed E-state index contributed by atoms with van der Waals surface area (Å²) in [5, 5.41) is 3.66. The summed E-state index contributed by atoms with van der Waals surface area (Å²) in [5.74, 6) is -0.00522. The van der Waals surface area contributed by atoms with Gasteiger partial charge < -0.3 is 19.9 Å². The van der Waals surface area contributed by atoms with Crippen molar-refractivity contribution >= 4 is 22.9 Å². The summed E-state index contributed by atoms with van der Waals surface area (Å²) in [6.07, 6.45) is 2.11. The molecule has 3 rings (SSSR count). The second kappa shape index (κ2) is 5.47. The number of nitrogens with zero attached hydrogens (tertiary/aromatic N) is 1. The number of fused-ring (bicyclic) bond motifs is 1. The maximum Gasteiger partial charge on any atom is 0.407 e. The lowest BCUT2D eigenvalue weighted by Gasteiger charge is -2.17. The Kier molecular flexibility index (Phi) is 3.51. The summed E-state index contributed by atoms with van der Waals surface area (Å²) in [6, 6.07) is 7.50. The fourth-order valence-corrected chi connectivity index (χ4v) is 2.73. The largest absolute Gasteiger partial charge is 0.453 e. The van der Waals surface area contributed by atoms with Crippen LogP contribution in [0.1, 0.15) is 16.8 Å². The van der Waals surface area contributed by atoms with Crippen molar-refractivity contribution in [3.8, 4) is 0 Å². The maximum absolute atomic E-state index is 12.6. The van der Waals surface area contributed by atoms with Crippen LogP contribution in [-0.2, 0) is 4.74 Å². The van der Waals surface area contributed by atoms with E-state index in [9.17, 15) is 9.59 Å². The van der Waals surface area contributed by atoms with Gasteiger partial charge in [-0.2, -0.15) is 0 Å². The van der Waals surface area contributed by atoms with Gasteiger partial charge in [-0.05, 0) is 24.6 Å². The molecule has 1 aromatic carbocycles. The quantitative estimate of drug-likeness (QED) is 0.883. The molecule has 1 fully saturated rings. The predicted molar refractivity (Wildman–Crippen MR) is 78.1 cm³/mol. The first-order valence-corrected chi connectivity index (χ1v) is 6.89. The van der Waals surface area contributed by atoms with E-state index in [2.05, 4.69) is 15.0 Å². The Morgan fingerprint density at radius 2 is 2.24 bits per heavy atom. The van der Waals surface area contributed by atoms with Crippen molar-refractivity contribution in [3.63, 3.8) is 0 Å². The zero-order valence-corrected chi connectivity index (χ0v) is 11.8. The molecule has 1 aliphatic rings. The molecule has 2 heterocycles. The first-order chi connectivity index (χ1) is 10.2. The SMILES string of the molecule is COC(=O)NC1CCN(C(=O)c2cccc3[nH]ccc23)C1. The van der Waals surface area contributed by atoms with Gasteiger partial charge in [0.2, 0.25) is 0 Å². The number of aromatic nitrogens is 1. The summed E-state index contributed by atoms with van der Waals surface area (Å²) in [5.41, 5.74) is 1.64. The van der Waals surface area contributed by atoms with Crippen molar-refractivity contribution in [3.05, 3.63) is 36.0 Å². The Labute approximate surface area is 122 Å². The van der Waals surface area contributed by atoms with Crippen LogP contribution in [0.4, 0.5) is 4.79 Å². The smallest absolute Gasteiger partial charge is 0.407 e. The van der Waals surface area contributed by atoms with Crippen molar-refractivity contribution in [1.82, 2.24) is 15.2 Å². The van der Waals surface area contributed by atoms with Crippen LogP contribution in [0.25, 0.3) is 10.9 Å². The number of likely N-dealkylation sites (tertiary alicyclic amines) is 1. The van der Waals surface area contributed by atoms with Crippen LogP contribution in [0.2, 0.25) is 0 Å². The number of H-pyrrole nitrogens is 1. The Balaban J connectivity index is 1.75. The van der Waals surface area contributed by atoms with E-state index in [0.717, 1.165) is 17.3 Å². The minimum Gasteiger partial charge on any atom is -0.453 e. The Morgan fingerprint density at radius 1 is 1.38 bits per heavy atom. The van der Waals surface area contributed by atoms with Crippen LogP contribution < -0.4 is 5.32 Å². The van der Waals surface area contributed by atoms with E-state index < -0.39 is 6.09 Å². The lowest BCUT2D eigenvalue weighted by atomic mass is 10.1. The third kappa shape index (κ3) is 2.56. The van der Waals surface area contributed by atoms with Gasteiger partial charge >= 0.3 is 6.09 Å². The lowest BCUT2D eigenvalue weighted by Crippen LogP contribution is -2.38. The molecule has 21 heavy (non-hydrogen) atoms. The minimum atomic E-state index is -0.456. The number of ether oxygens (including phenoxy) is 1. The summed E-state index contributed by atoms with van der Waals surface area (Å²) >= 11 is 0. The van der Waals surface area contributed by atoms with Gasteiger partial charge in [-0.15, -0.1) is 0 Å². The van der Waals surface area contributed by atoms with Gasteiger partial charge in [0.25, 0.3) is 5.91 Å². The van der Waals surface area contributed by atoms with Crippen molar-refractivity contribution in [2.75, 3.05) is 20.2 Å². The van der Waals surface area contributed by atoms with Crippen molar-refractivity contribution in [2.45, 2.75) is 12.5 Å². The molecular weight excluding hydrogens is 270 g/mol. The first-order valence-electron chi connectivity index (χ1n) is 6.89. The number of amides is 2. The van der Waals surface area contributed by atoms with Gasteiger partial charge in [-0.25, -0.2) is 4.79 Å². The standard InChI is InChI=1S/C15H17N3O3/c1-21-15(20)17-10-6-8-18(9-10)14(19)12-3-2-4-13-11(12)5-7-16-13/h2-5,7,10,16H,6,8-9H2,1H3,(H,17,20). The third-order valence-corrected chi connectivity index (χ3v) is 3.81. The van der Waals surface area contributed by atoms with Crippen LogP contribution >= 0.6 is 0 Å². The van der Waals surface area contributed by atoms with Gasteiger partial charge in [0.15, 0.2) is 0 Å². The number of hydrogen-bond donors (Lipinski definition) is 2. The molecule has 6 heteroatoms. The molecule has 0 bridgehead atoms. The summed E-state index contributed by atoms with van der Waals surface area (Å²) in [7, 11) is 1.33. The Bertz CT molecular complexity index is 680. The zero-order valence-electron chi connectivity index (χ0n) is 11.8. The molecule has 0 spiro atoms. The van der Waals surface area contributed by atoms with Crippen LogP contribution in [0.5, 0.6) is 0 Å². The molecular formula is C15H17N3O3. The number of hydrogen-bond acceptors (Lipinski definition) is 3. The van der Waals surface area contributed by atoms with E-state index in [0.29, 0.717) is 18.7 Å². The molecule has 0 saturated carbocycles. The molecule has 110 valence electrons. The molecule has 1 saturated heterocycles. The highest BCUT2D eigenvalue weighted by atomic mass is 16.5. The molecule has 1 aliphatic heterocycles. The van der Waals surface area contributed by atoms with Crippen molar-refractivity contribution in [1.29, 1.82) is 0 Å². The number of nitrogens with one attached hydrogen (secondary N) is 2. The molecule has 0 aliphatic carbocycles. The van der Waals surface area contributed by atoms with Crippen molar-refractivity contribution in [2.24, 2.45) is 0 Å². The summed E-state index contributed by atoms with van der Waals surface area (Å²) in [4.78, 5) is 28.7. The molecule has 0 radical (unpaired) electrons. The van der Waals surface area contributed by atoms with E-state index in [1.807, 2.05) is 30.5 Å². The third-order valence-electron chi connectivity index (χ3n) is 3.81. The van der Waals surface area contributed by atoms with E-state index >= 15 is 0 Å². The number of benzene rings is 1. The Hall–Kier alpha value is -2.50. The number of aromatic amines is 1. The fraction of sp³-hybridized carbons (Fsp3) is 0.333. The molecule has 1 unspecified atom stereocenters. The number of rotatable bonds is 2. The predicted octanol–water partition coefficient (Wildman–Crippen LogP) is 1.74. The van der Waals surface area contributed by atoms with Crippen LogP contribution in [-0.4, -0.2) is 48.1 Å². The van der Waals surface area contributed by atoms with Crippen LogP contribution in [0.15, 0.2) is 30.5 Å². The van der Waals surface area contributed by atoms with E-state index in [4.69, 9.17) is 0 Å². The van der Waals surface area contributed by atoms with Gasteiger partial charge in [-0.1, -0.05) is 6.07 Å². The van der Waals surface area contributed by atoms with Crippen LogP contribution in [0, 0.1) is 0 Å². The normalized spacial score (nSPS) is 18.0. The maximum atomic E-state index is 12.6. The van der Waals surface area contributed by atoms with E-state index in [1.54, 1.807) is 4.90 Å². The summed E-state index contributed by atoms with van der Waals surface area (Å²) in [6.45, 7) is 1.14. The topological polar surface area (TPSA) is 74.4 Å². The monoisotopic (exact) mass is 287 g/mol. The highest BCUT2D eigenvalue weighted by Gasteiger charge is 2.28. The second-order valence-electron chi connectivity index (χ2n) is 5.12. The van der Waals surface area contributed by atoms with E-state index in [-0.39, 0.29) is 11.9 Å². The van der Waals surface area contributed by atoms with Crippen molar-refractivity contribution < 1.29 is 14.3 Å². The molecule has 2 N–H and O–H groups in total. The van der Waals surface area contributed by atoms with Gasteiger partial charge in [0.05, 0.1) is 13.2 Å². The number of methoxy groups -OCH3 is 1. The molecule has 2 aromatic rings. The second-order valence-corrected chi connectivity index (χ2v) is 5.12. The van der Waals surface area contributed by atoms with Gasteiger partial charge in [0.1, 0.15) is 0 Å². The van der Waals surface area contributed by atoms with Crippen LogP contribution in [0.3, 0.4) is 0 Å². The Morgan fingerprint density at radius 3 is 3.05 bits per heavy atom. The average molecular weight is 287 g/mol. The lowest BCUT2D eigenvalue weighted by molar-refractivity contribution is 0.0790. The van der Waals surface area contributed by atoms with Gasteiger partial charge in [0, 0.05) is 35.8 Å². The highest BCUT2D eigenvalue weighted by Crippen LogP contribution is 2.21. The molecule has 1 aromatic heterocycles. The molecule has 2 amide bonds. The minimum absolute atomic E-state index is 0.00522. The average Bonchev–Trinajstić information content (AvgIpc) is 3.14. The molecule has 1 atom stereocenters. The number of carbonyl (C=O) groups excluding carboxylic acids is 2. The zero-order chi connectivity index (χ0) is 14.8. The van der Waals surface area contributed by atoms with E-state index in [1.165, 1.54) is 7.11 Å². The number of alkyl carbamates (subject to hydrolysis) is 1.